The van der Waals surface area contributed by atoms with Gasteiger partial charge in [-0.2, -0.15) is 0 Å². The summed E-state index contributed by atoms with van der Waals surface area (Å²) in [4.78, 5) is 0. The Morgan fingerprint density at radius 1 is 1.25 bits per heavy atom. The molecule has 2 rings (SSSR count). The van der Waals surface area contributed by atoms with Gasteiger partial charge in [0, 0.05) is 11.1 Å². The summed E-state index contributed by atoms with van der Waals surface area (Å²) in [6, 6.07) is 2.95. The summed E-state index contributed by atoms with van der Waals surface area (Å²) < 4.78 is 13.9. The molecule has 0 aromatic heterocycles. The second-order valence-corrected chi connectivity index (χ2v) is 4.85. The van der Waals surface area contributed by atoms with Crippen molar-refractivity contribution in [1.29, 1.82) is 0 Å². The van der Waals surface area contributed by atoms with Crippen molar-refractivity contribution in [3.8, 4) is 5.75 Å². The fraction of sp³-hybridized carbons (Fsp3) is 0.500. The van der Waals surface area contributed by atoms with E-state index in [4.69, 9.17) is 17.3 Å². The molecule has 1 aliphatic carbocycles. The summed E-state index contributed by atoms with van der Waals surface area (Å²) >= 11 is 5.68. The molecule has 1 aromatic rings. The Kier molecular flexibility index (Phi) is 3.08. The molecule has 4 heteroatoms. The Morgan fingerprint density at radius 3 is 2.50 bits per heavy atom. The molecular weight excluding hydrogens is 229 g/mol. The molecule has 0 aliphatic heterocycles. The second kappa shape index (κ2) is 4.22. The molecule has 0 atom stereocenters. The first-order chi connectivity index (χ1) is 7.54. The van der Waals surface area contributed by atoms with Gasteiger partial charge in [0.05, 0.1) is 0 Å². The molecule has 88 valence electrons. The standard InChI is InChI=1S/C12H15ClFNO/c13-10-9(16)5-4-8(11(10)14)12(15)6-2-1-3-7-12/h4-5,16H,1-3,6-7,15H2. The number of phenolic OH excluding ortho intramolecular Hbond substituents is 1. The molecule has 3 N–H and O–H groups in total. The number of nitrogens with two attached hydrogens (primary N) is 1. The Bertz CT molecular complexity index is 402. The lowest BCUT2D eigenvalue weighted by atomic mass is 9.77. The van der Waals surface area contributed by atoms with Gasteiger partial charge in [0.15, 0.2) is 5.82 Å². The summed E-state index contributed by atoms with van der Waals surface area (Å²) in [5.74, 6) is -0.812. The van der Waals surface area contributed by atoms with Crippen LogP contribution in [0.2, 0.25) is 5.02 Å². The van der Waals surface area contributed by atoms with Crippen molar-refractivity contribution in [3.63, 3.8) is 0 Å². The first-order valence-electron chi connectivity index (χ1n) is 5.51. The van der Waals surface area contributed by atoms with E-state index in [-0.39, 0.29) is 10.8 Å². The number of hydrogen-bond acceptors (Lipinski definition) is 2. The average Bonchev–Trinajstić information content (AvgIpc) is 2.27. The van der Waals surface area contributed by atoms with Gasteiger partial charge in [-0.1, -0.05) is 36.9 Å². The predicted octanol–water partition coefficient (Wildman–Crippen LogP) is 3.30. The maximum absolute atomic E-state index is 13.9. The largest absolute Gasteiger partial charge is 0.506 e. The van der Waals surface area contributed by atoms with Gasteiger partial charge in [-0.05, 0) is 18.9 Å². The molecule has 0 amide bonds. The Morgan fingerprint density at radius 2 is 1.88 bits per heavy atom. The molecule has 0 heterocycles. The number of phenols is 1. The van der Waals surface area contributed by atoms with E-state index in [2.05, 4.69) is 0 Å². The highest BCUT2D eigenvalue weighted by atomic mass is 35.5. The lowest BCUT2D eigenvalue weighted by Gasteiger charge is -2.34. The van der Waals surface area contributed by atoms with E-state index in [1.54, 1.807) is 6.07 Å². The van der Waals surface area contributed by atoms with Crippen molar-refractivity contribution < 1.29 is 9.50 Å². The van der Waals surface area contributed by atoms with E-state index in [0.29, 0.717) is 5.56 Å². The topological polar surface area (TPSA) is 46.2 Å². The fourth-order valence-electron chi connectivity index (χ4n) is 2.38. The second-order valence-electron chi connectivity index (χ2n) is 4.48. The highest BCUT2D eigenvalue weighted by molar-refractivity contribution is 6.32. The van der Waals surface area contributed by atoms with Crippen LogP contribution >= 0.6 is 11.6 Å². The number of benzene rings is 1. The summed E-state index contributed by atoms with van der Waals surface area (Å²) in [5.41, 5.74) is 6.02. The van der Waals surface area contributed by atoms with Crippen molar-refractivity contribution in [2.45, 2.75) is 37.6 Å². The molecule has 0 spiro atoms. The van der Waals surface area contributed by atoms with Crippen LogP contribution in [0.15, 0.2) is 12.1 Å². The zero-order valence-corrected chi connectivity index (χ0v) is 9.73. The van der Waals surface area contributed by atoms with Gasteiger partial charge in [0.1, 0.15) is 10.8 Å². The number of halogens is 2. The van der Waals surface area contributed by atoms with Gasteiger partial charge in [-0.15, -0.1) is 0 Å². The highest BCUT2D eigenvalue weighted by Gasteiger charge is 2.33. The average molecular weight is 244 g/mol. The van der Waals surface area contributed by atoms with Gasteiger partial charge in [0.2, 0.25) is 0 Å². The Labute approximate surface area is 99.2 Å². The molecule has 0 radical (unpaired) electrons. The zero-order valence-electron chi connectivity index (χ0n) is 8.97. The van der Waals surface area contributed by atoms with Crippen molar-refractivity contribution >= 4 is 11.6 Å². The fourth-order valence-corrected chi connectivity index (χ4v) is 2.54. The van der Waals surface area contributed by atoms with Crippen molar-refractivity contribution in [2.24, 2.45) is 5.73 Å². The number of hydrogen-bond donors (Lipinski definition) is 2. The number of aromatic hydroxyl groups is 1. The maximum Gasteiger partial charge on any atom is 0.150 e. The lowest BCUT2D eigenvalue weighted by Crippen LogP contribution is -2.39. The van der Waals surface area contributed by atoms with Gasteiger partial charge in [-0.3, -0.25) is 0 Å². The third-order valence-electron chi connectivity index (χ3n) is 3.34. The van der Waals surface area contributed by atoms with Gasteiger partial charge in [0.25, 0.3) is 0 Å². The quantitative estimate of drug-likeness (QED) is 0.795. The lowest BCUT2D eigenvalue weighted by molar-refractivity contribution is 0.292. The summed E-state index contributed by atoms with van der Waals surface area (Å²) in [6.45, 7) is 0. The minimum absolute atomic E-state index is 0.229. The van der Waals surface area contributed by atoms with Crippen LogP contribution in [0.3, 0.4) is 0 Å². The van der Waals surface area contributed by atoms with E-state index >= 15 is 0 Å². The van der Waals surface area contributed by atoms with E-state index in [1.165, 1.54) is 6.07 Å². The van der Waals surface area contributed by atoms with E-state index in [9.17, 15) is 9.50 Å². The van der Waals surface area contributed by atoms with Crippen LogP contribution in [0, 0.1) is 5.82 Å². The molecule has 1 fully saturated rings. The minimum Gasteiger partial charge on any atom is -0.506 e. The third kappa shape index (κ3) is 1.89. The Balaban J connectivity index is 2.43. The summed E-state index contributed by atoms with van der Waals surface area (Å²) in [7, 11) is 0. The van der Waals surface area contributed by atoms with E-state index in [1.807, 2.05) is 0 Å². The SMILES string of the molecule is NC1(c2ccc(O)c(Cl)c2F)CCCCC1. The smallest absolute Gasteiger partial charge is 0.150 e. The molecule has 16 heavy (non-hydrogen) atoms. The Hall–Kier alpha value is -0.800. The normalized spacial score (nSPS) is 19.7. The summed E-state index contributed by atoms with van der Waals surface area (Å²) in [6.07, 6.45) is 4.70. The van der Waals surface area contributed by atoms with Gasteiger partial charge >= 0.3 is 0 Å². The van der Waals surface area contributed by atoms with Crippen LogP contribution in [-0.2, 0) is 5.54 Å². The third-order valence-corrected chi connectivity index (χ3v) is 3.70. The zero-order chi connectivity index (χ0) is 11.8. The van der Waals surface area contributed by atoms with Gasteiger partial charge in [-0.25, -0.2) is 4.39 Å². The summed E-state index contributed by atoms with van der Waals surface area (Å²) in [5, 5.41) is 9.07. The van der Waals surface area contributed by atoms with Crippen molar-refractivity contribution in [3.05, 3.63) is 28.5 Å². The molecule has 0 unspecified atom stereocenters. The molecular formula is C12H15ClFNO. The molecule has 2 nitrogen and oxygen atoms in total. The molecule has 0 bridgehead atoms. The molecule has 1 aliphatic rings. The van der Waals surface area contributed by atoms with Crippen LogP contribution < -0.4 is 5.73 Å². The van der Waals surface area contributed by atoms with E-state index in [0.717, 1.165) is 32.1 Å². The number of rotatable bonds is 1. The first kappa shape index (κ1) is 11.7. The molecule has 1 aromatic carbocycles. The van der Waals surface area contributed by atoms with Gasteiger partial charge < -0.3 is 10.8 Å². The maximum atomic E-state index is 13.9. The highest BCUT2D eigenvalue weighted by Crippen LogP contribution is 2.39. The van der Waals surface area contributed by atoms with Crippen LogP contribution in [0.5, 0.6) is 5.75 Å². The first-order valence-corrected chi connectivity index (χ1v) is 5.89. The predicted molar refractivity (Wildman–Crippen MR) is 62.0 cm³/mol. The molecule has 1 saturated carbocycles. The van der Waals surface area contributed by atoms with Crippen molar-refractivity contribution in [2.75, 3.05) is 0 Å². The van der Waals surface area contributed by atoms with Crippen LogP contribution in [0.1, 0.15) is 37.7 Å². The minimum atomic E-state index is -0.625. The van der Waals surface area contributed by atoms with Crippen LogP contribution in [-0.4, -0.2) is 5.11 Å². The van der Waals surface area contributed by atoms with Crippen molar-refractivity contribution in [1.82, 2.24) is 0 Å². The molecule has 0 saturated heterocycles. The van der Waals surface area contributed by atoms with E-state index < -0.39 is 11.4 Å². The van der Waals surface area contributed by atoms with Crippen LogP contribution in [0.4, 0.5) is 4.39 Å². The van der Waals surface area contributed by atoms with Crippen LogP contribution in [0.25, 0.3) is 0 Å². The monoisotopic (exact) mass is 243 g/mol.